The molecule has 0 spiro atoms. The number of esters is 3. The predicted molar refractivity (Wildman–Crippen MR) is 358 cm³/mol. The minimum Gasteiger partial charge on any atom is -0.462 e. The summed E-state index contributed by atoms with van der Waals surface area (Å²) in [5.41, 5.74) is 0. The molecule has 0 aromatic heterocycles. The Bertz CT molecular complexity index is 1320. The van der Waals surface area contributed by atoms with Crippen molar-refractivity contribution in [1.82, 2.24) is 0 Å². The van der Waals surface area contributed by atoms with E-state index in [0.717, 1.165) is 64.2 Å². The zero-order chi connectivity index (χ0) is 59.2. The van der Waals surface area contributed by atoms with E-state index in [1.807, 2.05) is 0 Å². The van der Waals surface area contributed by atoms with Crippen molar-refractivity contribution in [2.75, 3.05) is 13.2 Å². The summed E-state index contributed by atoms with van der Waals surface area (Å²) in [6, 6.07) is 0. The third-order valence-electron chi connectivity index (χ3n) is 17.2. The molecule has 0 aliphatic heterocycles. The van der Waals surface area contributed by atoms with Gasteiger partial charge in [-0.05, 0) is 51.4 Å². The minimum absolute atomic E-state index is 0.0636. The number of ether oxygens (including phenoxy) is 3. The van der Waals surface area contributed by atoms with Gasteiger partial charge in [0.25, 0.3) is 0 Å². The normalized spacial score (nSPS) is 12.1. The Labute approximate surface area is 513 Å². The maximum Gasteiger partial charge on any atom is 0.306 e. The van der Waals surface area contributed by atoms with Crippen molar-refractivity contribution in [3.8, 4) is 0 Å². The summed E-state index contributed by atoms with van der Waals surface area (Å²) < 4.78 is 17.1. The fourth-order valence-corrected chi connectivity index (χ4v) is 11.6. The van der Waals surface area contributed by atoms with Crippen LogP contribution in [0.25, 0.3) is 0 Å². The van der Waals surface area contributed by atoms with E-state index in [4.69, 9.17) is 14.2 Å². The van der Waals surface area contributed by atoms with Gasteiger partial charge in [-0.25, -0.2) is 0 Å². The van der Waals surface area contributed by atoms with Gasteiger partial charge in [0.2, 0.25) is 0 Å². The second-order valence-electron chi connectivity index (χ2n) is 25.6. The first kappa shape index (κ1) is 79.9. The molecule has 0 aliphatic carbocycles. The minimum atomic E-state index is -0.768. The van der Waals surface area contributed by atoms with E-state index in [1.54, 1.807) is 0 Å². The Morgan fingerprint density at radius 1 is 0.244 bits per heavy atom. The molecule has 484 valence electrons. The molecule has 0 saturated heterocycles. The summed E-state index contributed by atoms with van der Waals surface area (Å²) in [7, 11) is 0. The van der Waals surface area contributed by atoms with Gasteiger partial charge in [0.05, 0.1) is 0 Å². The monoisotopic (exact) mass is 1150 g/mol. The lowest BCUT2D eigenvalue weighted by molar-refractivity contribution is -0.167. The maximum absolute atomic E-state index is 13.0. The number of allylic oxidation sites excluding steroid dienone is 4. The highest BCUT2D eigenvalue weighted by atomic mass is 16.6. The lowest BCUT2D eigenvalue weighted by Gasteiger charge is -2.18. The molecule has 82 heavy (non-hydrogen) atoms. The first-order valence-electron chi connectivity index (χ1n) is 37.3. The molecule has 0 N–H and O–H groups in total. The van der Waals surface area contributed by atoms with Gasteiger partial charge < -0.3 is 14.2 Å². The Morgan fingerprint density at radius 3 is 0.671 bits per heavy atom. The molecule has 6 heteroatoms. The van der Waals surface area contributed by atoms with Gasteiger partial charge in [0, 0.05) is 19.3 Å². The summed E-state index contributed by atoms with van der Waals surface area (Å²) in [5, 5.41) is 0. The topological polar surface area (TPSA) is 78.9 Å². The van der Waals surface area contributed by atoms with Crippen molar-refractivity contribution < 1.29 is 28.6 Å². The van der Waals surface area contributed by atoms with Crippen molar-refractivity contribution in [2.24, 2.45) is 0 Å². The SMILES string of the molecule is CCCCCCC/C=C\C/C=C\CCCCCCCCCCCCCCCC(=O)OCC(COC(=O)CCCCCCCCCCCCCCCCCCCC)OC(=O)CCCCCCCCCCCCCCCCCCCCCCC. The van der Waals surface area contributed by atoms with Crippen molar-refractivity contribution in [3.63, 3.8) is 0 Å². The Hall–Kier alpha value is -2.11. The van der Waals surface area contributed by atoms with Crippen LogP contribution in [-0.4, -0.2) is 37.2 Å². The number of hydrogen-bond donors (Lipinski definition) is 0. The molecule has 1 unspecified atom stereocenters. The molecule has 1 atom stereocenters. The van der Waals surface area contributed by atoms with Crippen LogP contribution in [0, 0.1) is 0 Å². The average Bonchev–Trinajstić information content (AvgIpc) is 3.47. The lowest BCUT2D eigenvalue weighted by atomic mass is 10.0. The summed E-state index contributed by atoms with van der Waals surface area (Å²) in [6.07, 6.45) is 87.8. The van der Waals surface area contributed by atoms with E-state index in [-0.39, 0.29) is 31.1 Å². The molecule has 0 saturated carbocycles. The van der Waals surface area contributed by atoms with E-state index in [2.05, 4.69) is 45.1 Å². The number of carbonyl (C=O) groups is 3. The van der Waals surface area contributed by atoms with Crippen LogP contribution in [0.3, 0.4) is 0 Å². The van der Waals surface area contributed by atoms with Gasteiger partial charge in [-0.2, -0.15) is 0 Å². The summed E-state index contributed by atoms with van der Waals surface area (Å²) >= 11 is 0. The fraction of sp³-hybridized carbons (Fsp3) is 0.908. The second-order valence-corrected chi connectivity index (χ2v) is 25.6. The molecule has 0 amide bonds. The average molecular weight is 1150 g/mol. The van der Waals surface area contributed by atoms with Gasteiger partial charge in [-0.15, -0.1) is 0 Å². The standard InChI is InChI=1S/C76H144O6/c1-4-7-10-13-16-19-22-25-28-31-34-36-37-38-39-41-42-45-48-51-54-57-60-63-66-69-75(78)81-72-73(71-80-74(77)68-65-62-59-56-53-50-47-44-33-30-27-24-21-18-15-12-9-6-3)82-76(79)70-67-64-61-58-55-52-49-46-43-40-35-32-29-26-23-20-17-14-11-8-5-2/h22,25,31,34,73H,4-21,23-24,26-30,32-33,35-72H2,1-3H3/b25-22-,34-31-. The van der Waals surface area contributed by atoms with Crippen LogP contribution in [0.2, 0.25) is 0 Å². The molecule has 0 aliphatic rings. The zero-order valence-corrected chi connectivity index (χ0v) is 55.8. The Morgan fingerprint density at radius 2 is 0.439 bits per heavy atom. The molecule has 0 fully saturated rings. The molecule has 0 radical (unpaired) electrons. The van der Waals surface area contributed by atoms with Crippen molar-refractivity contribution in [1.29, 1.82) is 0 Å². The van der Waals surface area contributed by atoms with E-state index < -0.39 is 6.10 Å². The summed E-state index contributed by atoms with van der Waals surface area (Å²) in [6.45, 7) is 6.73. The molecular formula is C76H144O6. The number of hydrogen-bond acceptors (Lipinski definition) is 6. The van der Waals surface area contributed by atoms with Crippen LogP contribution in [0.5, 0.6) is 0 Å². The summed E-state index contributed by atoms with van der Waals surface area (Å²) in [5.74, 6) is -0.826. The van der Waals surface area contributed by atoms with Gasteiger partial charge in [0.1, 0.15) is 13.2 Å². The highest BCUT2D eigenvalue weighted by molar-refractivity contribution is 5.71. The molecule has 0 aromatic carbocycles. The van der Waals surface area contributed by atoms with E-state index >= 15 is 0 Å². The highest BCUT2D eigenvalue weighted by Crippen LogP contribution is 2.19. The van der Waals surface area contributed by atoms with Gasteiger partial charge in [-0.3, -0.25) is 14.4 Å². The predicted octanol–water partition coefficient (Wildman–Crippen LogP) is 25.7. The number of unbranched alkanes of at least 4 members (excludes halogenated alkanes) is 55. The van der Waals surface area contributed by atoms with Crippen LogP contribution in [-0.2, 0) is 28.6 Å². The quantitative estimate of drug-likeness (QED) is 0.0261. The van der Waals surface area contributed by atoms with Gasteiger partial charge in [0.15, 0.2) is 6.10 Å². The fourth-order valence-electron chi connectivity index (χ4n) is 11.6. The first-order valence-corrected chi connectivity index (χ1v) is 37.3. The van der Waals surface area contributed by atoms with Crippen molar-refractivity contribution in [3.05, 3.63) is 24.3 Å². The van der Waals surface area contributed by atoms with Crippen LogP contribution in [0.4, 0.5) is 0 Å². The number of carbonyl (C=O) groups excluding carboxylic acids is 3. The van der Waals surface area contributed by atoms with Crippen molar-refractivity contribution >= 4 is 17.9 Å². The lowest BCUT2D eigenvalue weighted by Crippen LogP contribution is -2.30. The van der Waals surface area contributed by atoms with E-state index in [0.29, 0.717) is 19.3 Å². The van der Waals surface area contributed by atoms with E-state index in [1.165, 1.54) is 321 Å². The molecule has 0 rings (SSSR count). The molecule has 6 nitrogen and oxygen atoms in total. The number of rotatable bonds is 70. The van der Waals surface area contributed by atoms with Gasteiger partial charge in [-0.1, -0.05) is 379 Å². The highest BCUT2D eigenvalue weighted by Gasteiger charge is 2.20. The molecule has 0 bridgehead atoms. The van der Waals surface area contributed by atoms with Crippen LogP contribution in [0.1, 0.15) is 425 Å². The third-order valence-corrected chi connectivity index (χ3v) is 17.2. The van der Waals surface area contributed by atoms with Gasteiger partial charge >= 0.3 is 17.9 Å². The van der Waals surface area contributed by atoms with E-state index in [9.17, 15) is 14.4 Å². The second kappa shape index (κ2) is 71.4. The molecule has 0 heterocycles. The Kier molecular flexibility index (Phi) is 69.5. The first-order chi connectivity index (χ1) is 40.5. The van der Waals surface area contributed by atoms with Crippen LogP contribution in [0.15, 0.2) is 24.3 Å². The van der Waals surface area contributed by atoms with Crippen molar-refractivity contribution in [2.45, 2.75) is 431 Å². The Balaban J connectivity index is 4.27. The maximum atomic E-state index is 13.0. The smallest absolute Gasteiger partial charge is 0.306 e. The van der Waals surface area contributed by atoms with Crippen LogP contribution >= 0.6 is 0 Å². The third kappa shape index (κ3) is 68.7. The zero-order valence-electron chi connectivity index (χ0n) is 55.8. The summed E-state index contributed by atoms with van der Waals surface area (Å²) in [4.78, 5) is 38.5. The molecule has 0 aromatic rings. The van der Waals surface area contributed by atoms with Crippen LogP contribution < -0.4 is 0 Å². The molecular weight excluding hydrogens is 1010 g/mol. The largest absolute Gasteiger partial charge is 0.462 e.